The molecule has 1 aromatic rings. The van der Waals surface area contributed by atoms with E-state index in [1.165, 1.54) is 4.90 Å². The summed E-state index contributed by atoms with van der Waals surface area (Å²) in [5.41, 5.74) is 1.16. The quantitative estimate of drug-likeness (QED) is 0.791. The van der Waals surface area contributed by atoms with Crippen LogP contribution >= 0.6 is 0 Å². The first-order valence-electron chi connectivity index (χ1n) is 8.09. The first-order chi connectivity index (χ1) is 11.7. The van der Waals surface area contributed by atoms with Crippen LogP contribution in [0.3, 0.4) is 0 Å². The van der Waals surface area contributed by atoms with Crippen molar-refractivity contribution in [3.63, 3.8) is 0 Å². The van der Waals surface area contributed by atoms with Gasteiger partial charge in [-0.25, -0.2) is 9.59 Å². The molecule has 1 aromatic carbocycles. The van der Waals surface area contributed by atoms with Gasteiger partial charge in [-0.2, -0.15) is 0 Å². The lowest BCUT2D eigenvalue weighted by atomic mass is 9.92. The number of oxime groups is 1. The summed E-state index contributed by atoms with van der Waals surface area (Å²) in [7, 11) is 0. The van der Waals surface area contributed by atoms with Crippen LogP contribution in [0.2, 0.25) is 0 Å². The summed E-state index contributed by atoms with van der Waals surface area (Å²) in [5, 5.41) is 3.84. The maximum absolute atomic E-state index is 12.4. The number of nitrogens with zero attached hydrogens (tertiary/aromatic N) is 2. The van der Waals surface area contributed by atoms with Crippen LogP contribution in [0.4, 0.5) is 4.79 Å². The first kappa shape index (κ1) is 16.3. The van der Waals surface area contributed by atoms with Gasteiger partial charge in [0.15, 0.2) is 5.71 Å². The molecule has 0 N–H and O–H groups in total. The predicted molar refractivity (Wildman–Crippen MR) is 85.0 cm³/mol. The average molecular weight is 332 g/mol. The van der Waals surface area contributed by atoms with Gasteiger partial charge in [-0.15, -0.1) is 0 Å². The van der Waals surface area contributed by atoms with Gasteiger partial charge in [-0.3, -0.25) is 4.90 Å². The molecule has 0 aromatic heterocycles. The zero-order valence-corrected chi connectivity index (χ0v) is 13.5. The lowest BCUT2D eigenvalue weighted by Gasteiger charge is -2.34. The van der Waals surface area contributed by atoms with Gasteiger partial charge in [0, 0.05) is 6.54 Å². The molecule has 0 saturated carbocycles. The second kappa shape index (κ2) is 7.33. The lowest BCUT2D eigenvalue weighted by molar-refractivity contribution is -0.135. The van der Waals surface area contributed by atoms with Crippen LogP contribution in [-0.2, 0) is 25.7 Å². The SMILES string of the molecule is CCOC(=O)C1=NO[C@@H]2[C@H]1CCCN2C(=O)OCc1ccccc1. The molecule has 3 rings (SSSR count). The van der Waals surface area contributed by atoms with E-state index in [-0.39, 0.29) is 24.8 Å². The number of ether oxygens (including phenoxy) is 2. The monoisotopic (exact) mass is 332 g/mol. The summed E-state index contributed by atoms with van der Waals surface area (Å²) >= 11 is 0. The molecule has 0 spiro atoms. The van der Waals surface area contributed by atoms with E-state index >= 15 is 0 Å². The highest BCUT2D eigenvalue weighted by Crippen LogP contribution is 2.31. The highest BCUT2D eigenvalue weighted by atomic mass is 16.7. The molecule has 1 saturated heterocycles. The first-order valence-corrected chi connectivity index (χ1v) is 8.09. The number of hydrogen-bond acceptors (Lipinski definition) is 6. The number of carbonyl (C=O) groups is 2. The van der Waals surface area contributed by atoms with Gasteiger partial charge >= 0.3 is 12.1 Å². The number of likely N-dealkylation sites (tertiary alicyclic amines) is 1. The van der Waals surface area contributed by atoms with Crippen molar-refractivity contribution in [2.75, 3.05) is 13.2 Å². The Labute approximate surface area is 140 Å². The number of rotatable bonds is 4. The minimum absolute atomic E-state index is 0.194. The summed E-state index contributed by atoms with van der Waals surface area (Å²) < 4.78 is 10.4. The third kappa shape index (κ3) is 3.34. The Morgan fingerprint density at radius 1 is 1.29 bits per heavy atom. The van der Waals surface area contributed by atoms with Crippen LogP contribution in [0.1, 0.15) is 25.3 Å². The number of amides is 1. The fraction of sp³-hybridized carbons (Fsp3) is 0.471. The Balaban J connectivity index is 1.61. The van der Waals surface area contributed by atoms with Crippen LogP contribution in [-0.4, -0.2) is 42.1 Å². The highest BCUT2D eigenvalue weighted by molar-refractivity contribution is 6.37. The molecule has 0 bridgehead atoms. The number of esters is 1. The van der Waals surface area contributed by atoms with Crippen LogP contribution < -0.4 is 0 Å². The largest absolute Gasteiger partial charge is 0.461 e. The van der Waals surface area contributed by atoms with Crippen molar-refractivity contribution in [2.45, 2.75) is 32.6 Å². The predicted octanol–water partition coefficient (Wildman–Crippen LogP) is 2.31. The molecule has 0 radical (unpaired) electrons. The number of carbonyl (C=O) groups excluding carboxylic acids is 2. The van der Waals surface area contributed by atoms with Crippen molar-refractivity contribution in [1.29, 1.82) is 0 Å². The minimum atomic E-state index is -0.596. The maximum atomic E-state index is 12.4. The number of benzene rings is 1. The van der Waals surface area contributed by atoms with E-state index in [2.05, 4.69) is 5.16 Å². The molecule has 2 aliphatic rings. The molecule has 24 heavy (non-hydrogen) atoms. The fourth-order valence-electron chi connectivity index (χ4n) is 2.94. The van der Waals surface area contributed by atoms with E-state index in [1.54, 1.807) is 6.92 Å². The summed E-state index contributed by atoms with van der Waals surface area (Å²) in [6, 6.07) is 9.46. The van der Waals surface area contributed by atoms with Gasteiger partial charge < -0.3 is 14.3 Å². The molecule has 0 aliphatic carbocycles. The Morgan fingerprint density at radius 3 is 2.83 bits per heavy atom. The number of piperidine rings is 1. The second-order valence-electron chi connectivity index (χ2n) is 5.68. The van der Waals surface area contributed by atoms with Gasteiger partial charge in [-0.1, -0.05) is 35.5 Å². The van der Waals surface area contributed by atoms with Gasteiger partial charge in [0.05, 0.1) is 12.5 Å². The molecule has 128 valence electrons. The summed E-state index contributed by atoms with van der Waals surface area (Å²) in [6.45, 7) is 2.72. The van der Waals surface area contributed by atoms with Gasteiger partial charge in [0.25, 0.3) is 0 Å². The standard InChI is InChI=1S/C17H20N2O5/c1-2-22-16(20)14-13-9-6-10-19(15(13)24-18-14)17(21)23-11-12-7-4-3-5-8-12/h3-5,7-8,13,15H,2,6,9-11H2,1H3/t13-,15+/m0/s1. The van der Waals surface area contributed by atoms with E-state index in [9.17, 15) is 9.59 Å². The van der Waals surface area contributed by atoms with E-state index < -0.39 is 18.3 Å². The number of fused-ring (bicyclic) bond motifs is 1. The third-order valence-corrected chi connectivity index (χ3v) is 4.10. The molecular formula is C17H20N2O5. The summed E-state index contributed by atoms with van der Waals surface area (Å²) in [6.07, 6.45) is 0.420. The zero-order valence-electron chi connectivity index (χ0n) is 13.5. The highest BCUT2D eigenvalue weighted by Gasteiger charge is 2.46. The molecule has 2 atom stereocenters. The molecule has 7 heteroatoms. The van der Waals surface area contributed by atoms with E-state index in [0.717, 1.165) is 18.4 Å². The Morgan fingerprint density at radius 2 is 2.08 bits per heavy atom. The molecule has 1 fully saturated rings. The Kier molecular flexibility index (Phi) is 4.98. The van der Waals surface area contributed by atoms with E-state index in [1.807, 2.05) is 30.3 Å². The van der Waals surface area contributed by atoms with Crippen LogP contribution in [0.5, 0.6) is 0 Å². The third-order valence-electron chi connectivity index (χ3n) is 4.10. The summed E-state index contributed by atoms with van der Waals surface area (Å²) in [4.78, 5) is 31.1. The van der Waals surface area contributed by atoms with Crippen molar-refractivity contribution in [2.24, 2.45) is 11.1 Å². The Hall–Kier alpha value is -2.57. The normalized spacial score (nSPS) is 22.2. The maximum Gasteiger partial charge on any atom is 0.413 e. The van der Waals surface area contributed by atoms with Crippen molar-refractivity contribution in [1.82, 2.24) is 4.90 Å². The van der Waals surface area contributed by atoms with Gasteiger partial charge in [0.1, 0.15) is 6.61 Å². The lowest BCUT2D eigenvalue weighted by Crippen LogP contribution is -2.50. The van der Waals surface area contributed by atoms with Crippen molar-refractivity contribution in [3.05, 3.63) is 35.9 Å². The van der Waals surface area contributed by atoms with Crippen LogP contribution in [0.25, 0.3) is 0 Å². The topological polar surface area (TPSA) is 77.4 Å². The molecule has 7 nitrogen and oxygen atoms in total. The van der Waals surface area contributed by atoms with Crippen molar-refractivity contribution < 1.29 is 23.9 Å². The molecular weight excluding hydrogens is 312 g/mol. The van der Waals surface area contributed by atoms with Gasteiger partial charge in [-0.05, 0) is 25.3 Å². The van der Waals surface area contributed by atoms with Crippen LogP contribution in [0.15, 0.2) is 35.5 Å². The van der Waals surface area contributed by atoms with E-state index in [4.69, 9.17) is 14.3 Å². The smallest absolute Gasteiger partial charge is 0.413 e. The van der Waals surface area contributed by atoms with Crippen molar-refractivity contribution >= 4 is 17.8 Å². The average Bonchev–Trinajstić information content (AvgIpc) is 3.05. The molecule has 2 heterocycles. The number of hydrogen-bond donors (Lipinski definition) is 0. The Bertz CT molecular complexity index is 631. The second-order valence-corrected chi connectivity index (χ2v) is 5.68. The van der Waals surface area contributed by atoms with Gasteiger partial charge in [0.2, 0.25) is 6.23 Å². The zero-order chi connectivity index (χ0) is 16.9. The summed E-state index contributed by atoms with van der Waals surface area (Å²) in [5.74, 6) is -0.744. The fourth-order valence-corrected chi connectivity index (χ4v) is 2.94. The van der Waals surface area contributed by atoms with E-state index in [0.29, 0.717) is 6.54 Å². The van der Waals surface area contributed by atoms with Crippen LogP contribution in [0, 0.1) is 5.92 Å². The molecule has 2 aliphatic heterocycles. The van der Waals surface area contributed by atoms with Crippen molar-refractivity contribution in [3.8, 4) is 0 Å². The minimum Gasteiger partial charge on any atom is -0.461 e. The molecule has 1 amide bonds. The molecule has 0 unspecified atom stereocenters.